The highest BCUT2D eigenvalue weighted by molar-refractivity contribution is 8.21. The Kier molecular flexibility index (Phi) is 31.6. The molecule has 9 nitrogen and oxygen atoms in total. The van der Waals surface area contributed by atoms with Gasteiger partial charge in [-0.05, 0) is 26.7 Å². The lowest BCUT2D eigenvalue weighted by Gasteiger charge is -2.38. The summed E-state index contributed by atoms with van der Waals surface area (Å²) in [6, 6.07) is 0. The first-order valence-corrected chi connectivity index (χ1v) is 19.5. The van der Waals surface area contributed by atoms with Crippen LogP contribution in [0.1, 0.15) is 117 Å². The topological polar surface area (TPSA) is 95.8 Å². The van der Waals surface area contributed by atoms with Gasteiger partial charge in [0.25, 0.3) is 0 Å². The maximum Gasteiger partial charge on any atom is 0.104 e. The molecule has 0 rings (SSSR count). The Morgan fingerprint density at radius 2 is 1.09 bits per heavy atom. The van der Waals surface area contributed by atoms with Crippen molar-refractivity contribution in [3.63, 3.8) is 0 Å². The zero-order chi connectivity index (χ0) is 32.6. The van der Waals surface area contributed by atoms with Crippen LogP contribution in [0.25, 0.3) is 0 Å². The van der Waals surface area contributed by atoms with Gasteiger partial charge in [-0.3, -0.25) is 12.5 Å². The van der Waals surface area contributed by atoms with Crippen LogP contribution in [0.15, 0.2) is 0 Å². The first-order valence-electron chi connectivity index (χ1n) is 17.9. The molecule has 0 aromatic rings. The van der Waals surface area contributed by atoms with Gasteiger partial charge in [0.15, 0.2) is 0 Å². The molecule has 0 saturated heterocycles. The van der Waals surface area contributed by atoms with Crippen molar-refractivity contribution in [2.24, 2.45) is 0 Å². The van der Waals surface area contributed by atoms with Crippen molar-refractivity contribution in [2.45, 2.75) is 123 Å². The molecular formula is C34H74NO8S+. The predicted molar refractivity (Wildman–Crippen MR) is 184 cm³/mol. The van der Waals surface area contributed by atoms with Crippen molar-refractivity contribution >= 4 is 10.9 Å². The largest absolute Gasteiger partial charge is 0.394 e. The number of quaternary nitrogens is 1. The quantitative estimate of drug-likeness (QED) is 0.0551. The molecule has 0 aromatic heterocycles. The summed E-state index contributed by atoms with van der Waals surface area (Å²) in [6.45, 7) is 11.4. The van der Waals surface area contributed by atoms with Crippen LogP contribution in [0.3, 0.4) is 0 Å². The number of aliphatic hydroxyl groups excluding tert-OH is 2. The number of rotatable bonds is 36. The van der Waals surface area contributed by atoms with Crippen molar-refractivity contribution in [1.82, 2.24) is 0 Å². The molecule has 0 spiro atoms. The van der Waals surface area contributed by atoms with Gasteiger partial charge in [0, 0.05) is 6.42 Å². The molecule has 1 unspecified atom stereocenters. The standard InChI is InChI=1S/C34H74NO8S/c1-6-9-10-11-12-13-14-15-16-17-18-19-20-21-23-35(4,5)24-22-31-44(41-7-2,42-8-3)43-30-28-38-27-29-40-34(32-37)33-39-26-25-36/h34,36-37H,6-33H2,1-5H3/q+1. The molecule has 2 N–H and O–H groups in total. The fraction of sp³-hybridized carbons (Fsp3) is 1.00. The molecule has 10 heteroatoms. The maximum atomic E-state index is 9.35. The molecule has 0 fully saturated rings. The van der Waals surface area contributed by atoms with Crippen LogP contribution in [0.4, 0.5) is 0 Å². The van der Waals surface area contributed by atoms with Gasteiger partial charge in [0.05, 0.1) is 110 Å². The van der Waals surface area contributed by atoms with Crippen LogP contribution in [-0.4, -0.2) is 120 Å². The van der Waals surface area contributed by atoms with E-state index in [1.54, 1.807) is 0 Å². The van der Waals surface area contributed by atoms with Crippen molar-refractivity contribution in [1.29, 1.82) is 0 Å². The molecule has 0 aliphatic rings. The van der Waals surface area contributed by atoms with Crippen LogP contribution in [0.5, 0.6) is 0 Å². The summed E-state index contributed by atoms with van der Waals surface area (Å²) in [6.07, 6.45) is 20.1. The van der Waals surface area contributed by atoms with E-state index >= 15 is 0 Å². The van der Waals surface area contributed by atoms with Crippen LogP contribution in [0, 0.1) is 0 Å². The van der Waals surface area contributed by atoms with Crippen molar-refractivity contribution in [2.75, 3.05) is 99.0 Å². The van der Waals surface area contributed by atoms with Gasteiger partial charge in [0.1, 0.15) is 6.10 Å². The highest BCUT2D eigenvalue weighted by atomic mass is 32.3. The van der Waals surface area contributed by atoms with E-state index in [0.29, 0.717) is 39.6 Å². The predicted octanol–water partition coefficient (Wildman–Crippen LogP) is 6.98. The Labute approximate surface area is 274 Å². The minimum Gasteiger partial charge on any atom is -0.394 e. The molecule has 0 bridgehead atoms. The Morgan fingerprint density at radius 3 is 1.61 bits per heavy atom. The summed E-state index contributed by atoms with van der Waals surface area (Å²) in [4.78, 5) is 0. The highest BCUT2D eigenvalue weighted by Crippen LogP contribution is 2.52. The van der Waals surface area contributed by atoms with Gasteiger partial charge in [-0.25, -0.2) is 0 Å². The zero-order valence-electron chi connectivity index (χ0n) is 29.6. The Morgan fingerprint density at radius 1 is 0.568 bits per heavy atom. The average molecular weight is 657 g/mol. The lowest BCUT2D eigenvalue weighted by Crippen LogP contribution is -2.41. The van der Waals surface area contributed by atoms with Crippen LogP contribution in [-0.2, 0) is 26.8 Å². The van der Waals surface area contributed by atoms with Crippen LogP contribution >= 0.6 is 10.9 Å². The molecule has 0 aromatic carbocycles. The van der Waals surface area contributed by atoms with Crippen LogP contribution in [0.2, 0.25) is 0 Å². The molecule has 0 aliphatic carbocycles. The monoisotopic (exact) mass is 657 g/mol. The third kappa shape index (κ3) is 27.1. The Bertz CT molecular complexity index is 581. The van der Waals surface area contributed by atoms with Gasteiger partial charge in [-0.15, -0.1) is 0 Å². The summed E-state index contributed by atoms with van der Waals surface area (Å²) in [5.74, 6) is 0.754. The van der Waals surface area contributed by atoms with Crippen LogP contribution < -0.4 is 0 Å². The lowest BCUT2D eigenvalue weighted by molar-refractivity contribution is -0.890. The van der Waals surface area contributed by atoms with Crippen molar-refractivity contribution < 1.29 is 41.5 Å². The van der Waals surface area contributed by atoms with E-state index in [1.165, 1.54) is 96.4 Å². The highest BCUT2D eigenvalue weighted by Gasteiger charge is 2.28. The molecule has 0 saturated carbocycles. The van der Waals surface area contributed by atoms with E-state index in [2.05, 4.69) is 21.0 Å². The average Bonchev–Trinajstić information content (AvgIpc) is 3.00. The summed E-state index contributed by atoms with van der Waals surface area (Å²) in [7, 11) is 2.58. The molecular weight excluding hydrogens is 582 g/mol. The van der Waals surface area contributed by atoms with E-state index in [0.717, 1.165) is 23.2 Å². The molecule has 0 radical (unpaired) electrons. The number of hydrogen-bond donors (Lipinski definition) is 2. The van der Waals surface area contributed by atoms with Crippen molar-refractivity contribution in [3.8, 4) is 0 Å². The molecule has 268 valence electrons. The molecule has 1 atom stereocenters. The minimum absolute atomic E-state index is 0.0509. The number of hydrogen-bond acceptors (Lipinski definition) is 8. The second-order valence-electron chi connectivity index (χ2n) is 12.3. The molecule has 44 heavy (non-hydrogen) atoms. The Balaban J connectivity index is 4.11. The second kappa shape index (κ2) is 31.6. The fourth-order valence-electron chi connectivity index (χ4n) is 5.18. The van der Waals surface area contributed by atoms with E-state index in [4.69, 9.17) is 31.9 Å². The van der Waals surface area contributed by atoms with E-state index in [1.807, 2.05) is 13.8 Å². The second-order valence-corrected chi connectivity index (χ2v) is 14.5. The third-order valence-electron chi connectivity index (χ3n) is 7.68. The number of ether oxygens (including phenoxy) is 3. The first-order chi connectivity index (χ1) is 21.4. The summed E-state index contributed by atoms with van der Waals surface area (Å²) in [5, 5.41) is 18.1. The SMILES string of the molecule is CCCCCCCCCCCCCCCC[N+](C)(C)CCCS(OCC)(OCC)OCCOCCOC(CO)COCCO. The summed E-state index contributed by atoms with van der Waals surface area (Å²) in [5.41, 5.74) is 0. The fourth-order valence-corrected chi connectivity index (χ4v) is 7.26. The smallest absolute Gasteiger partial charge is 0.104 e. The normalized spacial score (nSPS) is 13.5. The van der Waals surface area contributed by atoms with Gasteiger partial charge in [-0.2, -0.15) is 0 Å². The van der Waals surface area contributed by atoms with Gasteiger partial charge in [0.2, 0.25) is 0 Å². The van der Waals surface area contributed by atoms with E-state index in [-0.39, 0.29) is 26.4 Å². The summed E-state index contributed by atoms with van der Waals surface area (Å²) < 4.78 is 35.8. The lowest BCUT2D eigenvalue weighted by atomic mass is 10.0. The van der Waals surface area contributed by atoms with E-state index in [9.17, 15) is 5.11 Å². The van der Waals surface area contributed by atoms with Gasteiger partial charge in [-0.1, -0.05) is 84.0 Å². The van der Waals surface area contributed by atoms with Gasteiger partial charge < -0.3 is 28.9 Å². The Hall–Kier alpha value is -0.0100. The molecule has 0 aliphatic heterocycles. The first kappa shape index (κ1) is 44.0. The molecule has 0 amide bonds. The minimum atomic E-state index is -2.08. The number of nitrogens with zero attached hydrogens (tertiary/aromatic N) is 1. The summed E-state index contributed by atoms with van der Waals surface area (Å²) >= 11 is 0. The number of unbranched alkanes of at least 4 members (excludes halogenated alkanes) is 13. The zero-order valence-corrected chi connectivity index (χ0v) is 30.4. The maximum absolute atomic E-state index is 9.35. The number of aliphatic hydroxyl groups is 2. The third-order valence-corrected chi connectivity index (χ3v) is 10.2. The van der Waals surface area contributed by atoms with Gasteiger partial charge >= 0.3 is 0 Å². The molecule has 0 heterocycles. The van der Waals surface area contributed by atoms with E-state index < -0.39 is 17.0 Å². The van der Waals surface area contributed by atoms with Crippen molar-refractivity contribution in [3.05, 3.63) is 0 Å².